The van der Waals surface area contributed by atoms with Crippen molar-refractivity contribution in [3.05, 3.63) is 40.3 Å². The van der Waals surface area contributed by atoms with E-state index in [1.807, 2.05) is 31.2 Å². The Kier molecular flexibility index (Phi) is 5.74. The summed E-state index contributed by atoms with van der Waals surface area (Å²) in [5, 5.41) is 18.1. The van der Waals surface area contributed by atoms with Gasteiger partial charge >= 0.3 is 11.9 Å². The third kappa shape index (κ3) is 4.21. The standard InChI is InChI=1S/C16H15NO5S2/c1-9-3-2-4-10(7-9)8-12-14(20)17(16(23)24-12)11(15(21)22)5-6-13(18)19/h2-4,7-8,11H,5-6H2,1H3,(H,18,19)(H,21,22)/b12-8-/t11-/m0/s1. The van der Waals surface area contributed by atoms with Crippen LogP contribution in [0.25, 0.3) is 6.08 Å². The average Bonchev–Trinajstić information content (AvgIpc) is 2.74. The minimum atomic E-state index is -1.28. The molecule has 6 nitrogen and oxygen atoms in total. The largest absolute Gasteiger partial charge is 0.481 e. The van der Waals surface area contributed by atoms with Gasteiger partial charge in [0.1, 0.15) is 10.4 Å². The van der Waals surface area contributed by atoms with Crippen LogP contribution in [0.5, 0.6) is 0 Å². The monoisotopic (exact) mass is 365 g/mol. The number of aryl methyl sites for hydroxylation is 1. The molecule has 1 aliphatic rings. The van der Waals surface area contributed by atoms with Gasteiger partial charge < -0.3 is 10.2 Å². The number of carbonyl (C=O) groups is 3. The SMILES string of the molecule is Cc1cccc(/C=C2\SC(=S)N([C@@H](CCC(=O)O)C(=O)O)C2=O)c1. The fraction of sp³-hybridized carbons (Fsp3) is 0.250. The number of hydrogen-bond donors (Lipinski definition) is 2. The zero-order valence-electron chi connectivity index (χ0n) is 12.8. The molecule has 1 heterocycles. The van der Waals surface area contributed by atoms with E-state index in [1.54, 1.807) is 6.08 Å². The lowest BCUT2D eigenvalue weighted by Gasteiger charge is -2.22. The minimum absolute atomic E-state index is 0.122. The highest BCUT2D eigenvalue weighted by Crippen LogP contribution is 2.35. The first kappa shape index (κ1) is 18.2. The molecule has 0 bridgehead atoms. The molecule has 1 saturated heterocycles. The number of benzene rings is 1. The lowest BCUT2D eigenvalue weighted by Crippen LogP contribution is -2.44. The van der Waals surface area contributed by atoms with Gasteiger partial charge in [0.2, 0.25) is 0 Å². The minimum Gasteiger partial charge on any atom is -0.481 e. The van der Waals surface area contributed by atoms with Crippen molar-refractivity contribution in [3.63, 3.8) is 0 Å². The number of thiocarbonyl (C=S) groups is 1. The van der Waals surface area contributed by atoms with Gasteiger partial charge in [-0.2, -0.15) is 0 Å². The third-order valence-electron chi connectivity index (χ3n) is 3.39. The first-order valence-corrected chi connectivity index (χ1v) is 8.30. The number of aliphatic carboxylic acids is 2. The number of thioether (sulfide) groups is 1. The van der Waals surface area contributed by atoms with Crippen LogP contribution in [0.15, 0.2) is 29.2 Å². The lowest BCUT2D eigenvalue weighted by atomic mass is 10.1. The van der Waals surface area contributed by atoms with Crippen molar-refractivity contribution in [1.82, 2.24) is 4.90 Å². The van der Waals surface area contributed by atoms with Gasteiger partial charge in [-0.25, -0.2) is 4.79 Å². The number of carboxylic acid groups (broad SMARTS) is 2. The highest BCUT2D eigenvalue weighted by atomic mass is 32.2. The van der Waals surface area contributed by atoms with Crippen LogP contribution in [0, 0.1) is 6.92 Å². The van der Waals surface area contributed by atoms with Gasteiger partial charge in [0.25, 0.3) is 5.91 Å². The topological polar surface area (TPSA) is 94.9 Å². The van der Waals surface area contributed by atoms with Crippen molar-refractivity contribution in [2.24, 2.45) is 0 Å². The summed E-state index contributed by atoms with van der Waals surface area (Å²) < 4.78 is 0.122. The molecule has 24 heavy (non-hydrogen) atoms. The normalized spacial score (nSPS) is 17.4. The summed E-state index contributed by atoms with van der Waals surface area (Å²) in [5.41, 5.74) is 1.84. The highest BCUT2D eigenvalue weighted by Gasteiger charge is 2.40. The van der Waals surface area contributed by atoms with Crippen LogP contribution in [-0.4, -0.2) is 43.3 Å². The van der Waals surface area contributed by atoms with Crippen LogP contribution < -0.4 is 0 Å². The molecule has 0 spiro atoms. The summed E-state index contributed by atoms with van der Waals surface area (Å²) in [7, 11) is 0. The Bertz CT molecular complexity index is 744. The molecule has 1 atom stereocenters. The predicted octanol–water partition coefficient (Wildman–Crippen LogP) is 2.51. The van der Waals surface area contributed by atoms with E-state index in [9.17, 15) is 19.5 Å². The maximum absolute atomic E-state index is 12.5. The first-order valence-electron chi connectivity index (χ1n) is 7.08. The molecule has 2 N–H and O–H groups in total. The van der Waals surface area contributed by atoms with Gasteiger partial charge in [-0.1, -0.05) is 53.8 Å². The number of amides is 1. The van der Waals surface area contributed by atoms with Crippen molar-refractivity contribution in [2.75, 3.05) is 0 Å². The Labute approximate surface area is 148 Å². The van der Waals surface area contributed by atoms with Gasteiger partial charge in [-0.05, 0) is 25.0 Å². The Hall–Kier alpha value is -2.19. The lowest BCUT2D eigenvalue weighted by molar-refractivity contribution is -0.146. The fourth-order valence-corrected chi connectivity index (χ4v) is 3.64. The number of carbonyl (C=O) groups excluding carboxylic acids is 1. The van der Waals surface area contributed by atoms with E-state index in [4.69, 9.17) is 17.3 Å². The number of hydrogen-bond acceptors (Lipinski definition) is 5. The van der Waals surface area contributed by atoms with Gasteiger partial charge in [0.15, 0.2) is 0 Å². The van der Waals surface area contributed by atoms with Crippen molar-refractivity contribution >= 4 is 52.2 Å². The predicted molar refractivity (Wildman–Crippen MR) is 94.5 cm³/mol. The first-order chi connectivity index (χ1) is 11.3. The molecule has 1 aromatic carbocycles. The molecule has 2 rings (SSSR count). The Balaban J connectivity index is 2.26. The molecule has 1 amide bonds. The number of nitrogens with zero attached hydrogens (tertiary/aromatic N) is 1. The van der Waals surface area contributed by atoms with Gasteiger partial charge in [-0.15, -0.1) is 0 Å². The quantitative estimate of drug-likeness (QED) is 0.591. The maximum atomic E-state index is 12.5. The smallest absolute Gasteiger partial charge is 0.326 e. The molecular formula is C16H15NO5S2. The zero-order chi connectivity index (χ0) is 17.9. The van der Waals surface area contributed by atoms with E-state index in [0.717, 1.165) is 27.8 Å². The van der Waals surface area contributed by atoms with E-state index in [0.29, 0.717) is 4.91 Å². The molecular weight excluding hydrogens is 350 g/mol. The summed E-state index contributed by atoms with van der Waals surface area (Å²) >= 11 is 6.15. The molecule has 1 aliphatic heterocycles. The second kappa shape index (κ2) is 7.59. The fourth-order valence-electron chi connectivity index (χ4n) is 2.28. The van der Waals surface area contributed by atoms with Crippen molar-refractivity contribution < 1.29 is 24.6 Å². The summed E-state index contributed by atoms with van der Waals surface area (Å²) in [6.07, 6.45) is 1.10. The second-order valence-electron chi connectivity index (χ2n) is 5.25. The Morgan fingerprint density at radius 2 is 2.08 bits per heavy atom. The molecule has 126 valence electrons. The van der Waals surface area contributed by atoms with Gasteiger partial charge in [0.05, 0.1) is 4.91 Å². The van der Waals surface area contributed by atoms with Crippen LogP contribution in [-0.2, 0) is 14.4 Å². The van der Waals surface area contributed by atoms with Crippen LogP contribution in [0.4, 0.5) is 0 Å². The molecule has 0 saturated carbocycles. The average molecular weight is 365 g/mol. The van der Waals surface area contributed by atoms with Crippen molar-refractivity contribution in [2.45, 2.75) is 25.8 Å². The van der Waals surface area contributed by atoms with E-state index >= 15 is 0 Å². The van der Waals surface area contributed by atoms with Crippen LogP contribution in [0.2, 0.25) is 0 Å². The van der Waals surface area contributed by atoms with E-state index in [-0.39, 0.29) is 17.2 Å². The number of rotatable bonds is 6. The Morgan fingerprint density at radius 1 is 1.38 bits per heavy atom. The maximum Gasteiger partial charge on any atom is 0.326 e. The van der Waals surface area contributed by atoms with E-state index in [2.05, 4.69) is 0 Å². The molecule has 1 fully saturated rings. The van der Waals surface area contributed by atoms with Crippen molar-refractivity contribution in [1.29, 1.82) is 0 Å². The Morgan fingerprint density at radius 3 is 2.67 bits per heavy atom. The third-order valence-corrected chi connectivity index (χ3v) is 4.72. The number of carboxylic acids is 2. The van der Waals surface area contributed by atoms with Crippen LogP contribution in [0.3, 0.4) is 0 Å². The van der Waals surface area contributed by atoms with Crippen LogP contribution >= 0.6 is 24.0 Å². The summed E-state index contributed by atoms with van der Waals surface area (Å²) in [5.74, 6) is -2.91. The highest BCUT2D eigenvalue weighted by molar-refractivity contribution is 8.26. The van der Waals surface area contributed by atoms with E-state index in [1.165, 1.54) is 0 Å². The van der Waals surface area contributed by atoms with E-state index < -0.39 is 23.9 Å². The van der Waals surface area contributed by atoms with Gasteiger partial charge in [-0.3, -0.25) is 14.5 Å². The second-order valence-corrected chi connectivity index (χ2v) is 6.93. The zero-order valence-corrected chi connectivity index (χ0v) is 14.4. The summed E-state index contributed by atoms with van der Waals surface area (Å²) in [6, 6.07) is 6.23. The van der Waals surface area contributed by atoms with Crippen LogP contribution in [0.1, 0.15) is 24.0 Å². The summed E-state index contributed by atoms with van der Waals surface area (Å²) in [4.78, 5) is 36.0. The van der Waals surface area contributed by atoms with Crippen molar-refractivity contribution in [3.8, 4) is 0 Å². The molecule has 0 radical (unpaired) electrons. The molecule has 0 unspecified atom stereocenters. The van der Waals surface area contributed by atoms with Gasteiger partial charge in [0, 0.05) is 6.42 Å². The summed E-state index contributed by atoms with van der Waals surface area (Å²) in [6.45, 7) is 1.93. The molecule has 0 aliphatic carbocycles. The molecule has 0 aromatic heterocycles. The molecule has 8 heteroatoms. The molecule has 1 aromatic rings.